The summed E-state index contributed by atoms with van der Waals surface area (Å²) in [4.78, 5) is 12.3. The van der Waals surface area contributed by atoms with E-state index >= 15 is 0 Å². The predicted octanol–water partition coefficient (Wildman–Crippen LogP) is 6.01. The van der Waals surface area contributed by atoms with Gasteiger partial charge in [0, 0.05) is 11.6 Å². The molecule has 4 aromatic rings. The second-order valence-corrected chi connectivity index (χ2v) is 11.4. The highest BCUT2D eigenvalue weighted by molar-refractivity contribution is 7.91. The SMILES string of the molecule is CCOC(=O)c1cccc(Oc2cccc(S(=O)(=O)c3ccc(CCNCC(O)c4cccc(Cl)c4)cc3)c2)c1. The van der Waals surface area contributed by atoms with Gasteiger partial charge in [-0.25, -0.2) is 13.2 Å². The van der Waals surface area contributed by atoms with Gasteiger partial charge in [0.15, 0.2) is 0 Å². The number of esters is 1. The van der Waals surface area contributed by atoms with Crippen LogP contribution in [-0.2, 0) is 21.0 Å². The van der Waals surface area contributed by atoms with Gasteiger partial charge in [-0.05, 0) is 91.7 Å². The van der Waals surface area contributed by atoms with E-state index in [-0.39, 0.29) is 16.4 Å². The highest BCUT2D eigenvalue weighted by atomic mass is 35.5. The number of hydrogen-bond donors (Lipinski definition) is 2. The van der Waals surface area contributed by atoms with Crippen LogP contribution < -0.4 is 10.1 Å². The number of halogens is 1. The second-order valence-electron chi connectivity index (χ2n) is 9.00. The van der Waals surface area contributed by atoms with Gasteiger partial charge in [-0.15, -0.1) is 0 Å². The van der Waals surface area contributed by atoms with Crippen LogP contribution in [0.1, 0.15) is 34.5 Å². The molecule has 0 heterocycles. The topological polar surface area (TPSA) is 102 Å². The smallest absolute Gasteiger partial charge is 0.338 e. The number of hydrogen-bond acceptors (Lipinski definition) is 7. The Hall–Kier alpha value is -3.69. The number of benzene rings is 4. The lowest BCUT2D eigenvalue weighted by Crippen LogP contribution is -2.23. The molecular formula is C31H30ClNO6S. The number of rotatable bonds is 12. The fourth-order valence-corrected chi connectivity index (χ4v) is 5.51. The van der Waals surface area contributed by atoms with Crippen LogP contribution >= 0.6 is 11.6 Å². The van der Waals surface area contributed by atoms with Crippen LogP contribution in [-0.4, -0.2) is 39.2 Å². The molecular weight excluding hydrogens is 550 g/mol. The Balaban J connectivity index is 1.36. The number of carbonyl (C=O) groups excluding carboxylic acids is 1. The normalized spacial score (nSPS) is 12.1. The molecule has 0 aliphatic heterocycles. The molecule has 40 heavy (non-hydrogen) atoms. The van der Waals surface area contributed by atoms with Crippen molar-refractivity contribution in [3.63, 3.8) is 0 Å². The second kappa shape index (κ2) is 13.6. The molecule has 0 fully saturated rings. The zero-order chi connectivity index (χ0) is 28.5. The molecule has 0 saturated heterocycles. The molecule has 0 aliphatic rings. The highest BCUT2D eigenvalue weighted by Crippen LogP contribution is 2.28. The highest BCUT2D eigenvalue weighted by Gasteiger charge is 2.19. The van der Waals surface area contributed by atoms with Crippen molar-refractivity contribution in [3.8, 4) is 11.5 Å². The van der Waals surface area contributed by atoms with Gasteiger partial charge in [0.05, 0.1) is 28.1 Å². The lowest BCUT2D eigenvalue weighted by Gasteiger charge is -2.13. The summed E-state index contributed by atoms with van der Waals surface area (Å²) in [5, 5.41) is 14.1. The number of sulfone groups is 1. The quantitative estimate of drug-likeness (QED) is 0.157. The first-order valence-electron chi connectivity index (χ1n) is 12.8. The molecule has 0 aliphatic carbocycles. The first-order valence-corrected chi connectivity index (χ1v) is 14.7. The van der Waals surface area contributed by atoms with Gasteiger partial charge in [0.1, 0.15) is 11.5 Å². The van der Waals surface area contributed by atoms with E-state index in [2.05, 4.69) is 5.32 Å². The molecule has 208 valence electrons. The van der Waals surface area contributed by atoms with Gasteiger partial charge in [-0.3, -0.25) is 0 Å². The summed E-state index contributed by atoms with van der Waals surface area (Å²) in [5.41, 5.74) is 2.05. The maximum atomic E-state index is 13.3. The average Bonchev–Trinajstić information content (AvgIpc) is 2.96. The molecule has 1 atom stereocenters. The summed E-state index contributed by atoms with van der Waals surface area (Å²) in [6, 6.07) is 26.6. The Morgan fingerprint density at radius 1 is 0.900 bits per heavy atom. The van der Waals surface area contributed by atoms with Crippen LogP contribution in [0.2, 0.25) is 5.02 Å². The standard InChI is InChI=1S/C31H30ClNO6S/c1-2-38-31(35)24-7-4-9-26(19-24)39-27-10-5-11-29(20-27)40(36,37)28-14-12-22(13-15-28)16-17-33-21-30(34)23-6-3-8-25(32)18-23/h3-15,18-20,30,33-34H,2,16-17,21H2,1H3. The largest absolute Gasteiger partial charge is 0.462 e. The van der Waals surface area contributed by atoms with Crippen molar-refractivity contribution in [2.45, 2.75) is 29.2 Å². The minimum absolute atomic E-state index is 0.0935. The number of ether oxygens (including phenoxy) is 2. The maximum Gasteiger partial charge on any atom is 0.338 e. The predicted molar refractivity (Wildman–Crippen MR) is 154 cm³/mol. The van der Waals surface area contributed by atoms with Crippen LogP contribution in [0, 0.1) is 0 Å². The Bertz CT molecular complexity index is 1560. The van der Waals surface area contributed by atoms with E-state index < -0.39 is 21.9 Å². The van der Waals surface area contributed by atoms with Crippen LogP contribution in [0.5, 0.6) is 11.5 Å². The van der Waals surface area contributed by atoms with Crippen LogP contribution in [0.15, 0.2) is 107 Å². The Kier molecular flexibility index (Phi) is 9.95. The molecule has 0 radical (unpaired) electrons. The molecule has 9 heteroatoms. The molecule has 0 saturated carbocycles. The van der Waals surface area contributed by atoms with Crippen molar-refractivity contribution in [1.29, 1.82) is 0 Å². The van der Waals surface area contributed by atoms with E-state index in [1.54, 1.807) is 85.8 Å². The van der Waals surface area contributed by atoms with E-state index in [0.29, 0.717) is 41.6 Å². The lowest BCUT2D eigenvalue weighted by atomic mass is 10.1. The average molecular weight is 580 g/mol. The minimum Gasteiger partial charge on any atom is -0.462 e. The zero-order valence-corrected chi connectivity index (χ0v) is 23.5. The van der Waals surface area contributed by atoms with Crippen molar-refractivity contribution in [2.75, 3.05) is 19.7 Å². The molecule has 7 nitrogen and oxygen atoms in total. The minimum atomic E-state index is -3.78. The molecule has 4 rings (SSSR count). The van der Waals surface area contributed by atoms with Crippen LogP contribution in [0.25, 0.3) is 0 Å². The Morgan fingerprint density at radius 3 is 2.33 bits per heavy atom. The zero-order valence-electron chi connectivity index (χ0n) is 21.9. The molecule has 2 N–H and O–H groups in total. The molecule has 0 amide bonds. The van der Waals surface area contributed by atoms with E-state index in [4.69, 9.17) is 21.1 Å². The molecule has 0 bridgehead atoms. The third-order valence-electron chi connectivity index (χ3n) is 6.09. The summed E-state index contributed by atoms with van der Waals surface area (Å²) in [7, 11) is -3.78. The monoisotopic (exact) mass is 579 g/mol. The lowest BCUT2D eigenvalue weighted by molar-refractivity contribution is 0.0526. The van der Waals surface area contributed by atoms with Gasteiger partial charge in [0.25, 0.3) is 0 Å². The van der Waals surface area contributed by atoms with Gasteiger partial charge < -0.3 is 19.9 Å². The Labute approximate surface area is 239 Å². The molecule has 0 aromatic heterocycles. The van der Waals surface area contributed by atoms with Gasteiger partial charge >= 0.3 is 5.97 Å². The summed E-state index contributed by atoms with van der Waals surface area (Å²) in [5.74, 6) is 0.251. The van der Waals surface area contributed by atoms with Crippen molar-refractivity contribution in [1.82, 2.24) is 5.32 Å². The first-order chi connectivity index (χ1) is 19.3. The van der Waals surface area contributed by atoms with Gasteiger partial charge in [-0.1, -0.05) is 48.0 Å². The van der Waals surface area contributed by atoms with Gasteiger partial charge in [0.2, 0.25) is 9.84 Å². The Morgan fingerprint density at radius 2 is 1.60 bits per heavy atom. The van der Waals surface area contributed by atoms with Crippen molar-refractivity contribution in [2.24, 2.45) is 0 Å². The summed E-state index contributed by atoms with van der Waals surface area (Å²) in [6.45, 7) is 2.97. The van der Waals surface area contributed by atoms with E-state index in [0.717, 1.165) is 11.1 Å². The third kappa shape index (κ3) is 7.70. The maximum absolute atomic E-state index is 13.3. The summed E-state index contributed by atoms with van der Waals surface area (Å²) < 4.78 is 37.4. The first kappa shape index (κ1) is 29.3. The van der Waals surface area contributed by atoms with Crippen LogP contribution in [0.3, 0.4) is 0 Å². The van der Waals surface area contributed by atoms with Crippen molar-refractivity contribution in [3.05, 3.63) is 119 Å². The fraction of sp³-hybridized carbons (Fsp3) is 0.194. The summed E-state index contributed by atoms with van der Waals surface area (Å²) >= 11 is 5.98. The van der Waals surface area contributed by atoms with Crippen molar-refractivity contribution < 1.29 is 27.8 Å². The molecule has 1 unspecified atom stereocenters. The van der Waals surface area contributed by atoms with E-state index in [1.807, 2.05) is 6.07 Å². The summed E-state index contributed by atoms with van der Waals surface area (Å²) in [6.07, 6.45) is -0.0102. The number of nitrogens with one attached hydrogen (secondary N) is 1. The number of carbonyl (C=O) groups is 1. The third-order valence-corrected chi connectivity index (χ3v) is 8.09. The van der Waals surface area contributed by atoms with Crippen LogP contribution in [0.4, 0.5) is 0 Å². The van der Waals surface area contributed by atoms with Gasteiger partial charge in [-0.2, -0.15) is 0 Å². The number of aliphatic hydroxyl groups excluding tert-OH is 1. The fourth-order valence-electron chi connectivity index (χ4n) is 4.02. The molecule has 4 aromatic carbocycles. The molecule has 0 spiro atoms. The van der Waals surface area contributed by atoms with E-state index in [9.17, 15) is 18.3 Å². The number of aliphatic hydroxyl groups is 1. The van der Waals surface area contributed by atoms with E-state index in [1.165, 1.54) is 12.1 Å². The van der Waals surface area contributed by atoms with Crippen molar-refractivity contribution >= 4 is 27.4 Å².